The van der Waals surface area contributed by atoms with Crippen molar-refractivity contribution in [2.24, 2.45) is 0 Å². The number of methoxy groups -OCH3 is 1. The average Bonchev–Trinajstić information content (AvgIpc) is 2.40. The predicted molar refractivity (Wildman–Crippen MR) is 75.1 cm³/mol. The standard InChI is InChI=1S/C7H8ClNO.C6H6ClNO/c1-10-5-6-2-3-9-7(8)4-6;7-6-3-5(4-9)1-2-8-6/h2-4H,5H2,1H3;1-3,9H,4H2. The van der Waals surface area contributed by atoms with Gasteiger partial charge in [-0.25, -0.2) is 9.97 Å². The maximum Gasteiger partial charge on any atom is 0.129 e. The van der Waals surface area contributed by atoms with Crippen LogP contribution in [0.4, 0.5) is 0 Å². The van der Waals surface area contributed by atoms with Crippen LogP contribution in [-0.4, -0.2) is 22.2 Å². The van der Waals surface area contributed by atoms with E-state index in [1.165, 1.54) is 0 Å². The maximum absolute atomic E-state index is 8.58. The third-order valence-corrected chi connectivity index (χ3v) is 2.49. The summed E-state index contributed by atoms with van der Waals surface area (Å²) in [6.07, 6.45) is 3.23. The molecule has 0 aliphatic rings. The van der Waals surface area contributed by atoms with Crippen LogP contribution < -0.4 is 0 Å². The van der Waals surface area contributed by atoms with E-state index in [1.807, 2.05) is 6.07 Å². The minimum Gasteiger partial charge on any atom is -0.392 e. The molecule has 1 N–H and O–H groups in total. The Hall–Kier alpha value is -1.20. The second-order valence-corrected chi connectivity index (χ2v) is 4.34. The van der Waals surface area contributed by atoms with Crippen molar-refractivity contribution in [1.29, 1.82) is 0 Å². The molecule has 0 unspecified atom stereocenters. The lowest BCUT2D eigenvalue weighted by atomic mass is 10.3. The number of nitrogens with zero attached hydrogens (tertiary/aromatic N) is 2. The summed E-state index contributed by atoms with van der Waals surface area (Å²) in [5.41, 5.74) is 1.83. The Labute approximate surface area is 122 Å². The molecule has 0 bridgehead atoms. The van der Waals surface area contributed by atoms with Crippen molar-refractivity contribution in [1.82, 2.24) is 9.97 Å². The van der Waals surface area contributed by atoms with Gasteiger partial charge < -0.3 is 9.84 Å². The van der Waals surface area contributed by atoms with Crippen LogP contribution in [0.5, 0.6) is 0 Å². The van der Waals surface area contributed by atoms with Gasteiger partial charge in [0.25, 0.3) is 0 Å². The maximum atomic E-state index is 8.58. The van der Waals surface area contributed by atoms with Gasteiger partial charge in [0.2, 0.25) is 0 Å². The molecule has 2 aromatic rings. The Morgan fingerprint density at radius 3 is 2.00 bits per heavy atom. The normalized spacial score (nSPS) is 9.68. The number of pyridine rings is 2. The molecule has 0 atom stereocenters. The minimum atomic E-state index is 0.0161. The highest BCUT2D eigenvalue weighted by Crippen LogP contribution is 2.07. The van der Waals surface area contributed by atoms with Crippen molar-refractivity contribution < 1.29 is 9.84 Å². The summed E-state index contributed by atoms with van der Waals surface area (Å²) in [5, 5.41) is 9.50. The molecule has 0 aliphatic heterocycles. The van der Waals surface area contributed by atoms with Crippen molar-refractivity contribution in [3.8, 4) is 0 Å². The first-order valence-electron chi connectivity index (χ1n) is 5.46. The topological polar surface area (TPSA) is 55.2 Å². The fourth-order valence-electron chi connectivity index (χ4n) is 1.24. The summed E-state index contributed by atoms with van der Waals surface area (Å²) in [7, 11) is 1.65. The van der Waals surface area contributed by atoms with Gasteiger partial charge in [-0.2, -0.15) is 0 Å². The molecule has 0 saturated heterocycles. The van der Waals surface area contributed by atoms with Gasteiger partial charge in [-0.3, -0.25) is 0 Å². The number of rotatable bonds is 3. The van der Waals surface area contributed by atoms with Crippen molar-refractivity contribution in [2.75, 3.05) is 7.11 Å². The van der Waals surface area contributed by atoms with E-state index >= 15 is 0 Å². The molecule has 2 heterocycles. The second-order valence-electron chi connectivity index (χ2n) is 3.56. The van der Waals surface area contributed by atoms with Crippen LogP contribution in [0.15, 0.2) is 36.7 Å². The molecule has 0 saturated carbocycles. The number of aliphatic hydroxyl groups is 1. The van der Waals surface area contributed by atoms with Crippen molar-refractivity contribution in [3.63, 3.8) is 0 Å². The molecule has 4 nitrogen and oxygen atoms in total. The fourth-order valence-corrected chi connectivity index (χ4v) is 1.63. The van der Waals surface area contributed by atoms with Crippen molar-refractivity contribution in [3.05, 3.63) is 58.1 Å². The summed E-state index contributed by atoms with van der Waals surface area (Å²) < 4.78 is 4.90. The Morgan fingerprint density at radius 2 is 1.58 bits per heavy atom. The molecule has 0 amide bonds. The van der Waals surface area contributed by atoms with E-state index in [0.29, 0.717) is 16.9 Å². The highest BCUT2D eigenvalue weighted by Gasteiger charge is 1.92. The molecule has 0 aromatic carbocycles. The molecule has 2 rings (SSSR count). The minimum absolute atomic E-state index is 0.0161. The van der Waals surface area contributed by atoms with Gasteiger partial charge in [0.05, 0.1) is 13.2 Å². The summed E-state index contributed by atoms with van der Waals surface area (Å²) >= 11 is 11.1. The van der Waals surface area contributed by atoms with Gasteiger partial charge in [-0.15, -0.1) is 0 Å². The van der Waals surface area contributed by atoms with E-state index in [0.717, 1.165) is 11.1 Å². The molecule has 19 heavy (non-hydrogen) atoms. The fraction of sp³-hybridized carbons (Fsp3) is 0.231. The van der Waals surface area contributed by atoms with Crippen molar-refractivity contribution >= 4 is 23.2 Å². The Balaban J connectivity index is 0.000000191. The lowest BCUT2D eigenvalue weighted by Gasteiger charge is -1.97. The zero-order valence-corrected chi connectivity index (χ0v) is 11.9. The van der Waals surface area contributed by atoms with Crippen LogP contribution in [0, 0.1) is 0 Å². The molecular weight excluding hydrogens is 287 g/mol. The molecule has 6 heteroatoms. The van der Waals surface area contributed by atoms with Gasteiger partial charge in [-0.05, 0) is 35.4 Å². The summed E-state index contributed by atoms with van der Waals surface area (Å²) in [6, 6.07) is 6.99. The number of hydrogen-bond acceptors (Lipinski definition) is 4. The molecule has 0 spiro atoms. The number of halogens is 2. The van der Waals surface area contributed by atoms with E-state index < -0.39 is 0 Å². The van der Waals surface area contributed by atoms with Gasteiger partial charge in [0.15, 0.2) is 0 Å². The second kappa shape index (κ2) is 8.82. The van der Waals surface area contributed by atoms with Gasteiger partial charge in [0, 0.05) is 19.5 Å². The Kier molecular flexibility index (Phi) is 7.36. The highest BCUT2D eigenvalue weighted by atomic mass is 35.5. The van der Waals surface area contributed by atoms with Crippen LogP contribution in [0.25, 0.3) is 0 Å². The van der Waals surface area contributed by atoms with Crippen LogP contribution in [0.1, 0.15) is 11.1 Å². The van der Waals surface area contributed by atoms with E-state index in [2.05, 4.69) is 9.97 Å². The van der Waals surface area contributed by atoms with Crippen LogP contribution in [-0.2, 0) is 18.0 Å². The van der Waals surface area contributed by atoms with Crippen LogP contribution >= 0.6 is 23.2 Å². The zero-order valence-electron chi connectivity index (χ0n) is 10.4. The van der Waals surface area contributed by atoms with Gasteiger partial charge in [0.1, 0.15) is 10.3 Å². The van der Waals surface area contributed by atoms with Gasteiger partial charge in [-0.1, -0.05) is 23.2 Å². The molecule has 0 radical (unpaired) electrons. The number of aliphatic hydroxyl groups excluding tert-OH is 1. The van der Waals surface area contributed by atoms with Crippen LogP contribution in [0.2, 0.25) is 10.3 Å². The molecular formula is C13H14Cl2N2O2. The number of aromatic nitrogens is 2. The molecule has 2 aromatic heterocycles. The van der Waals surface area contributed by atoms with Crippen molar-refractivity contribution in [2.45, 2.75) is 13.2 Å². The summed E-state index contributed by atoms with van der Waals surface area (Å²) in [6.45, 7) is 0.602. The Bertz CT molecular complexity index is 510. The summed E-state index contributed by atoms with van der Waals surface area (Å²) in [5.74, 6) is 0. The third kappa shape index (κ3) is 6.50. The first-order chi connectivity index (χ1) is 9.15. The van der Waals surface area contributed by atoms with E-state index in [-0.39, 0.29) is 6.61 Å². The zero-order chi connectivity index (χ0) is 14.1. The molecule has 0 fully saturated rings. The molecule has 102 valence electrons. The van der Waals surface area contributed by atoms with E-state index in [4.69, 9.17) is 33.0 Å². The largest absolute Gasteiger partial charge is 0.392 e. The molecule has 0 aliphatic carbocycles. The first-order valence-corrected chi connectivity index (χ1v) is 6.22. The first kappa shape index (κ1) is 15.9. The van der Waals surface area contributed by atoms with Crippen LogP contribution in [0.3, 0.4) is 0 Å². The SMILES string of the molecule is COCc1ccnc(Cl)c1.OCc1ccnc(Cl)c1. The lowest BCUT2D eigenvalue weighted by molar-refractivity contribution is 0.185. The van der Waals surface area contributed by atoms with E-state index in [1.54, 1.807) is 37.7 Å². The smallest absolute Gasteiger partial charge is 0.129 e. The quantitative estimate of drug-likeness (QED) is 0.885. The van der Waals surface area contributed by atoms with Gasteiger partial charge >= 0.3 is 0 Å². The summed E-state index contributed by atoms with van der Waals surface area (Å²) in [4.78, 5) is 7.57. The Morgan fingerprint density at radius 1 is 1.05 bits per heavy atom. The predicted octanol–water partition coefficient (Wildman–Crippen LogP) is 3.11. The number of hydrogen-bond donors (Lipinski definition) is 1. The third-order valence-electron chi connectivity index (χ3n) is 2.08. The van der Waals surface area contributed by atoms with E-state index in [9.17, 15) is 0 Å². The number of ether oxygens (including phenoxy) is 1. The average molecular weight is 301 g/mol. The monoisotopic (exact) mass is 300 g/mol. The highest BCUT2D eigenvalue weighted by molar-refractivity contribution is 6.29. The lowest BCUT2D eigenvalue weighted by Crippen LogP contribution is -1.87.